The molecule has 0 aliphatic heterocycles. The lowest BCUT2D eigenvalue weighted by atomic mass is 9.65. The van der Waals surface area contributed by atoms with Gasteiger partial charge in [-0.3, -0.25) is 4.79 Å². The summed E-state index contributed by atoms with van der Waals surface area (Å²) < 4.78 is 22.7. The van der Waals surface area contributed by atoms with Crippen LogP contribution in [0.4, 0.5) is 4.79 Å². The van der Waals surface area contributed by atoms with Crippen molar-refractivity contribution in [3.8, 4) is 0 Å². The van der Waals surface area contributed by atoms with E-state index in [0.717, 1.165) is 0 Å². The Labute approximate surface area is 219 Å². The van der Waals surface area contributed by atoms with Crippen LogP contribution in [0.2, 0.25) is 0 Å². The molecular formula is C28H41NO8. The molecule has 0 spiro atoms. The Morgan fingerprint density at radius 3 is 1.86 bits per heavy atom. The van der Waals surface area contributed by atoms with Crippen molar-refractivity contribution < 1.29 is 38.4 Å². The number of amides is 1. The Hall–Kier alpha value is -3.07. The van der Waals surface area contributed by atoms with Crippen molar-refractivity contribution in [3.05, 3.63) is 47.4 Å². The van der Waals surface area contributed by atoms with Crippen molar-refractivity contribution in [2.24, 2.45) is 0 Å². The minimum Gasteiger partial charge on any atom is -0.488 e. The molecule has 0 aromatic heterocycles. The van der Waals surface area contributed by atoms with E-state index in [1.165, 1.54) is 0 Å². The minimum absolute atomic E-state index is 0.210. The molecule has 2 unspecified atom stereocenters. The SMILES string of the molecule is CC(C)OC1=C(OC(C)C)C(O)(C(Cc2ccccc2)(NC(=O)OC(C)(C)C)C(=O)OC(C)(C)C)C1=O. The van der Waals surface area contributed by atoms with Gasteiger partial charge in [0.15, 0.2) is 11.3 Å². The third kappa shape index (κ3) is 6.83. The van der Waals surface area contributed by atoms with Crippen molar-refractivity contribution in [2.45, 2.75) is 110 Å². The van der Waals surface area contributed by atoms with E-state index in [-0.39, 0.29) is 17.9 Å². The molecule has 1 aliphatic rings. The molecule has 0 saturated heterocycles. The molecule has 9 heteroatoms. The zero-order valence-electron chi connectivity index (χ0n) is 23.6. The molecular weight excluding hydrogens is 478 g/mol. The van der Waals surface area contributed by atoms with Crippen LogP contribution < -0.4 is 5.32 Å². The monoisotopic (exact) mass is 519 g/mol. The zero-order valence-corrected chi connectivity index (χ0v) is 23.6. The van der Waals surface area contributed by atoms with Crippen molar-refractivity contribution >= 4 is 17.8 Å². The fourth-order valence-corrected chi connectivity index (χ4v) is 3.86. The lowest BCUT2D eigenvalue weighted by Gasteiger charge is -2.50. The third-order valence-corrected chi connectivity index (χ3v) is 5.17. The first-order chi connectivity index (χ1) is 16.8. The lowest BCUT2D eigenvalue weighted by molar-refractivity contribution is -0.188. The van der Waals surface area contributed by atoms with Crippen LogP contribution in [0.5, 0.6) is 0 Å². The highest BCUT2D eigenvalue weighted by Gasteiger charge is 2.73. The Morgan fingerprint density at radius 1 is 0.892 bits per heavy atom. The molecule has 37 heavy (non-hydrogen) atoms. The van der Waals surface area contributed by atoms with E-state index in [1.807, 2.05) is 0 Å². The van der Waals surface area contributed by atoms with Crippen molar-refractivity contribution in [2.75, 3.05) is 0 Å². The van der Waals surface area contributed by atoms with Gasteiger partial charge in [0.05, 0.1) is 12.2 Å². The van der Waals surface area contributed by atoms with E-state index >= 15 is 0 Å². The number of alkyl carbamates (subject to hydrolysis) is 1. The first-order valence-electron chi connectivity index (χ1n) is 12.5. The summed E-state index contributed by atoms with van der Waals surface area (Å²) in [6.07, 6.45) is -2.23. The summed E-state index contributed by atoms with van der Waals surface area (Å²) in [5, 5.41) is 14.7. The van der Waals surface area contributed by atoms with Gasteiger partial charge in [0.25, 0.3) is 0 Å². The molecule has 0 fully saturated rings. The molecule has 0 radical (unpaired) electrons. The van der Waals surface area contributed by atoms with Crippen LogP contribution in [0.25, 0.3) is 0 Å². The summed E-state index contributed by atoms with van der Waals surface area (Å²) in [7, 11) is 0. The molecule has 1 amide bonds. The largest absolute Gasteiger partial charge is 0.488 e. The van der Waals surface area contributed by atoms with Crippen LogP contribution in [0.15, 0.2) is 41.9 Å². The number of carbonyl (C=O) groups excluding carboxylic acids is 3. The number of hydrogen-bond donors (Lipinski definition) is 2. The fourth-order valence-electron chi connectivity index (χ4n) is 3.86. The van der Waals surface area contributed by atoms with Crippen LogP contribution in [0.3, 0.4) is 0 Å². The molecule has 0 heterocycles. The smallest absolute Gasteiger partial charge is 0.408 e. The van der Waals surface area contributed by atoms with Gasteiger partial charge in [-0.2, -0.15) is 0 Å². The lowest BCUT2D eigenvalue weighted by Crippen LogP contribution is -2.78. The number of ether oxygens (including phenoxy) is 4. The number of hydrogen-bond acceptors (Lipinski definition) is 8. The molecule has 2 atom stereocenters. The van der Waals surface area contributed by atoms with E-state index in [4.69, 9.17) is 18.9 Å². The summed E-state index contributed by atoms with van der Waals surface area (Å²) in [5.74, 6) is -2.40. The number of ketones is 1. The first-order valence-corrected chi connectivity index (χ1v) is 12.5. The highest BCUT2D eigenvalue weighted by Crippen LogP contribution is 2.47. The number of benzene rings is 1. The molecule has 1 aromatic carbocycles. The Morgan fingerprint density at radius 2 is 1.41 bits per heavy atom. The maximum atomic E-state index is 14.0. The van der Waals surface area contributed by atoms with Crippen LogP contribution in [0.1, 0.15) is 74.8 Å². The molecule has 0 saturated carbocycles. The highest BCUT2D eigenvalue weighted by atomic mass is 16.6. The van der Waals surface area contributed by atoms with Crippen LogP contribution in [0, 0.1) is 0 Å². The fraction of sp³-hybridized carbons (Fsp3) is 0.607. The van der Waals surface area contributed by atoms with Crippen LogP contribution >= 0.6 is 0 Å². The van der Waals surface area contributed by atoms with Gasteiger partial charge in [0.1, 0.15) is 11.2 Å². The standard InChI is InChI=1S/C28H41NO8/c1-17(2)34-20-21(30)28(33,22(20)35-18(3)4)27(23(31)36-25(5,6)7,16-19-14-12-11-13-15-19)29-24(32)37-26(8,9)10/h11-15,17-18,33H,16H2,1-10H3,(H,29,32). The van der Waals surface area contributed by atoms with E-state index < -0.39 is 52.4 Å². The summed E-state index contributed by atoms with van der Waals surface area (Å²) in [6.45, 7) is 16.8. The maximum Gasteiger partial charge on any atom is 0.408 e. The normalized spacial score (nSPS) is 19.8. The Bertz CT molecular complexity index is 1030. The van der Waals surface area contributed by atoms with Crippen molar-refractivity contribution in [3.63, 3.8) is 0 Å². The second kappa shape index (κ2) is 10.7. The van der Waals surface area contributed by atoms with E-state index in [1.54, 1.807) is 99.6 Å². The topological polar surface area (TPSA) is 120 Å². The summed E-state index contributed by atoms with van der Waals surface area (Å²) in [6, 6.07) is 8.68. The molecule has 0 bridgehead atoms. The summed E-state index contributed by atoms with van der Waals surface area (Å²) >= 11 is 0. The van der Waals surface area contributed by atoms with Gasteiger partial charge in [-0.25, -0.2) is 9.59 Å². The molecule has 1 aliphatic carbocycles. The predicted molar refractivity (Wildman–Crippen MR) is 138 cm³/mol. The Balaban J connectivity index is 2.84. The quantitative estimate of drug-likeness (QED) is 0.466. The summed E-state index contributed by atoms with van der Waals surface area (Å²) in [5.41, 5.74) is -6.39. The average molecular weight is 520 g/mol. The number of Topliss-reactive ketones (excluding diaryl/α,β-unsaturated/α-hetero) is 1. The van der Waals surface area contributed by atoms with Crippen molar-refractivity contribution in [1.29, 1.82) is 0 Å². The van der Waals surface area contributed by atoms with Gasteiger partial charge in [0.2, 0.25) is 17.1 Å². The predicted octanol–water partition coefficient (Wildman–Crippen LogP) is 4.21. The van der Waals surface area contributed by atoms with E-state index in [2.05, 4.69) is 5.32 Å². The Kier molecular flexibility index (Phi) is 8.75. The molecule has 2 rings (SSSR count). The zero-order chi connectivity index (χ0) is 28.4. The van der Waals surface area contributed by atoms with Gasteiger partial charge >= 0.3 is 12.1 Å². The minimum atomic E-state index is -2.64. The number of aliphatic hydroxyl groups is 1. The van der Waals surface area contributed by atoms with Crippen LogP contribution in [-0.2, 0) is 35.0 Å². The van der Waals surface area contributed by atoms with Gasteiger partial charge < -0.3 is 29.4 Å². The molecule has 1 aromatic rings. The average Bonchev–Trinajstić information content (AvgIpc) is 2.72. The molecule has 2 N–H and O–H groups in total. The summed E-state index contributed by atoms with van der Waals surface area (Å²) in [4.78, 5) is 40.8. The molecule has 9 nitrogen and oxygen atoms in total. The van der Waals surface area contributed by atoms with Gasteiger partial charge in [-0.05, 0) is 74.8 Å². The van der Waals surface area contributed by atoms with E-state index in [0.29, 0.717) is 5.56 Å². The highest BCUT2D eigenvalue weighted by molar-refractivity contribution is 6.15. The third-order valence-electron chi connectivity index (χ3n) is 5.17. The van der Waals surface area contributed by atoms with E-state index in [9.17, 15) is 19.5 Å². The second-order valence-corrected chi connectivity index (χ2v) is 11.7. The van der Waals surface area contributed by atoms with Gasteiger partial charge in [-0.1, -0.05) is 30.3 Å². The number of rotatable bonds is 9. The molecule has 206 valence electrons. The van der Waals surface area contributed by atoms with Gasteiger partial charge in [-0.15, -0.1) is 0 Å². The van der Waals surface area contributed by atoms with Crippen LogP contribution in [-0.4, -0.2) is 57.5 Å². The van der Waals surface area contributed by atoms with Crippen molar-refractivity contribution in [1.82, 2.24) is 5.32 Å². The maximum absolute atomic E-state index is 14.0. The number of esters is 1. The number of carbonyl (C=O) groups is 3. The first kappa shape index (κ1) is 30.2. The number of nitrogens with one attached hydrogen (secondary N) is 1. The second-order valence-electron chi connectivity index (χ2n) is 11.7. The van der Waals surface area contributed by atoms with Gasteiger partial charge in [0, 0.05) is 6.42 Å².